The number of carbonyl (C=O) groups excluding carboxylic acids is 1. The average molecular weight is 857 g/mol. The summed E-state index contributed by atoms with van der Waals surface area (Å²) in [4.78, 5) is 17.4. The van der Waals surface area contributed by atoms with Crippen molar-refractivity contribution in [1.82, 2.24) is 4.98 Å². The van der Waals surface area contributed by atoms with Crippen molar-refractivity contribution in [3.8, 4) is 21.7 Å². The van der Waals surface area contributed by atoms with Gasteiger partial charge in [0.2, 0.25) is 0 Å². The Bertz CT molecular complexity index is 2070. The topological polar surface area (TPSA) is 50.2 Å². The van der Waals surface area contributed by atoms with Crippen LogP contribution >= 0.6 is 22.7 Å². The van der Waals surface area contributed by atoms with Gasteiger partial charge in [-0.05, 0) is 67.1 Å². The zero-order valence-corrected chi connectivity index (χ0v) is 32.7. The van der Waals surface area contributed by atoms with E-state index in [0.29, 0.717) is 10.3 Å². The fourth-order valence-electron chi connectivity index (χ4n) is 6.33. The second kappa shape index (κ2) is 16.5. The molecular weight excluding hydrogens is 814 g/mol. The van der Waals surface area contributed by atoms with Gasteiger partial charge in [-0.15, -0.1) is 57.6 Å². The molecule has 1 N–H and O–H groups in total. The minimum Gasteiger partial charge on any atom is -0.512 e. The quantitative estimate of drug-likeness (QED) is 0.0895. The van der Waals surface area contributed by atoms with Gasteiger partial charge in [-0.1, -0.05) is 65.8 Å². The number of thiophene rings is 2. The van der Waals surface area contributed by atoms with E-state index < -0.39 is 0 Å². The van der Waals surface area contributed by atoms with E-state index in [1.165, 1.54) is 33.1 Å². The molecule has 6 rings (SSSR count). The number of ketones is 1. The van der Waals surface area contributed by atoms with Crippen molar-refractivity contribution in [3.63, 3.8) is 0 Å². The van der Waals surface area contributed by atoms with E-state index in [9.17, 15) is 9.90 Å². The van der Waals surface area contributed by atoms with Gasteiger partial charge < -0.3 is 10.1 Å². The van der Waals surface area contributed by atoms with Gasteiger partial charge >= 0.3 is 0 Å². The number of allylic oxidation sites excluding steroid dienone is 2. The number of fused-ring (bicyclic) bond motifs is 4. The Morgan fingerprint density at radius 2 is 1.54 bits per heavy atom. The summed E-state index contributed by atoms with van der Waals surface area (Å²) in [5.41, 5.74) is 5.89. The molecule has 0 unspecified atom stereocenters. The Balaban J connectivity index is 0.000000279. The molecule has 0 saturated carbocycles. The molecular formula is C41H43FIrNO2S2-. The molecule has 0 aliphatic rings. The number of aliphatic hydroxyl groups is 1. The summed E-state index contributed by atoms with van der Waals surface area (Å²) < 4.78 is 18.8. The van der Waals surface area contributed by atoms with Crippen LogP contribution in [0.4, 0.5) is 4.39 Å². The van der Waals surface area contributed by atoms with Gasteiger partial charge in [-0.25, -0.2) is 4.39 Å². The van der Waals surface area contributed by atoms with Crippen LogP contribution in [0.5, 0.6) is 0 Å². The molecule has 0 saturated heterocycles. The van der Waals surface area contributed by atoms with Gasteiger partial charge in [0.05, 0.1) is 10.5 Å². The van der Waals surface area contributed by atoms with E-state index in [1.807, 2.05) is 65.1 Å². The number of nitrogens with zero attached hydrogens (tertiary/aromatic N) is 1. The van der Waals surface area contributed by atoms with Crippen molar-refractivity contribution in [2.45, 2.75) is 74.1 Å². The first-order valence-corrected chi connectivity index (χ1v) is 18.2. The molecule has 3 aromatic heterocycles. The smallest absolute Gasteiger partial charge is 0.162 e. The number of aromatic nitrogens is 1. The molecule has 0 fully saturated rings. The summed E-state index contributed by atoms with van der Waals surface area (Å²) in [5.74, 6) is 0.403. The van der Waals surface area contributed by atoms with Crippen molar-refractivity contribution in [2.75, 3.05) is 0 Å². The minimum atomic E-state index is -0.145. The number of hydrogen-bond donors (Lipinski definition) is 1. The Morgan fingerprint density at radius 1 is 0.875 bits per heavy atom. The maximum atomic E-state index is 16.0. The number of rotatable bonds is 9. The first-order valence-electron chi connectivity index (χ1n) is 16.5. The standard InChI is InChI=1S/C28H19FNS2.C13H24O2.Ir/c1-15-12-16(2)14-18(13-15)25-28-21(10-11-30-25)20-8-9-22(24(29)27(20)32-28)26-17(3)19-6-4-5-7-23(19)31-26;1-5-10(6-2)12(14)9-13(15)11(7-3)8-4;/h4-13H,1-3H3;9-11,14H,5-8H2,1-4H3;/q-1;;/b;12-9-;. The van der Waals surface area contributed by atoms with Crippen LogP contribution in [0, 0.1) is 44.5 Å². The van der Waals surface area contributed by atoms with E-state index in [1.54, 1.807) is 11.3 Å². The van der Waals surface area contributed by atoms with Crippen LogP contribution in [0.25, 0.3) is 52.0 Å². The number of pyridine rings is 1. The Morgan fingerprint density at radius 3 is 2.19 bits per heavy atom. The molecule has 0 aliphatic heterocycles. The van der Waals surface area contributed by atoms with Crippen molar-refractivity contribution >= 4 is 58.7 Å². The third kappa shape index (κ3) is 7.65. The normalized spacial score (nSPS) is 11.8. The number of benzene rings is 3. The summed E-state index contributed by atoms with van der Waals surface area (Å²) in [6.45, 7) is 14.3. The molecule has 3 heterocycles. The van der Waals surface area contributed by atoms with Crippen LogP contribution in [0.3, 0.4) is 0 Å². The number of aryl methyl sites for hydroxylation is 3. The maximum absolute atomic E-state index is 16.0. The fraction of sp³-hybridized carbons (Fsp3) is 0.317. The summed E-state index contributed by atoms with van der Waals surface area (Å²) in [6.07, 6.45) is 6.72. The van der Waals surface area contributed by atoms with Crippen molar-refractivity contribution in [1.29, 1.82) is 0 Å². The zero-order chi connectivity index (χ0) is 33.8. The average Bonchev–Trinajstić information content (AvgIpc) is 3.60. The molecule has 1 radical (unpaired) electrons. The summed E-state index contributed by atoms with van der Waals surface area (Å²) in [7, 11) is 0. The second-order valence-corrected chi connectivity index (χ2v) is 14.3. The van der Waals surface area contributed by atoms with E-state index in [0.717, 1.165) is 68.4 Å². The number of carbonyl (C=O) groups is 1. The third-order valence-electron chi connectivity index (χ3n) is 9.07. The zero-order valence-electron chi connectivity index (χ0n) is 28.7. The Labute approximate surface area is 305 Å². The van der Waals surface area contributed by atoms with Gasteiger partial charge in [0.1, 0.15) is 5.82 Å². The monoisotopic (exact) mass is 857 g/mol. The van der Waals surface area contributed by atoms with Crippen LogP contribution in [0.15, 0.2) is 72.6 Å². The van der Waals surface area contributed by atoms with Gasteiger partial charge in [-0.3, -0.25) is 4.79 Å². The van der Waals surface area contributed by atoms with Gasteiger partial charge in [0, 0.05) is 75.1 Å². The van der Waals surface area contributed by atoms with Crippen LogP contribution in [0.1, 0.15) is 70.1 Å². The molecule has 0 amide bonds. The molecule has 0 bridgehead atoms. The minimum absolute atomic E-state index is 0. The molecule has 48 heavy (non-hydrogen) atoms. The maximum Gasteiger partial charge on any atom is 0.162 e. The van der Waals surface area contributed by atoms with E-state index in [-0.39, 0.29) is 49.3 Å². The predicted octanol–water partition coefficient (Wildman–Crippen LogP) is 12.7. The summed E-state index contributed by atoms with van der Waals surface area (Å²) >= 11 is 3.15. The molecule has 3 aromatic carbocycles. The van der Waals surface area contributed by atoms with Gasteiger partial charge in [-0.2, -0.15) is 0 Å². The van der Waals surface area contributed by atoms with Gasteiger partial charge in [0.25, 0.3) is 0 Å². The van der Waals surface area contributed by atoms with Crippen molar-refractivity contribution in [2.24, 2.45) is 11.8 Å². The first-order chi connectivity index (χ1) is 22.6. The molecule has 0 aliphatic carbocycles. The van der Waals surface area contributed by atoms with Crippen LogP contribution in [0.2, 0.25) is 0 Å². The predicted molar refractivity (Wildman–Crippen MR) is 200 cm³/mol. The first kappa shape index (κ1) is 37.6. The SMILES string of the molecule is CCC(CC)C(=O)/C=C(\O)C(CC)CC.Cc1[c-]c(-c2nccc3c2sc2c(F)c(-c4sc5ccccc5c4C)ccc23)cc(C)c1.[Ir]. The summed E-state index contributed by atoms with van der Waals surface area (Å²) in [6, 6.07) is 21.9. The molecule has 0 spiro atoms. The number of hydrogen-bond acceptors (Lipinski definition) is 5. The molecule has 3 nitrogen and oxygen atoms in total. The largest absolute Gasteiger partial charge is 0.512 e. The number of aliphatic hydroxyl groups excluding tert-OH is 1. The van der Waals surface area contributed by atoms with E-state index in [2.05, 4.69) is 55.2 Å². The molecule has 6 aromatic rings. The van der Waals surface area contributed by atoms with Crippen LogP contribution in [-0.4, -0.2) is 15.9 Å². The van der Waals surface area contributed by atoms with E-state index >= 15 is 4.39 Å². The third-order valence-corrected chi connectivity index (χ3v) is 11.6. The van der Waals surface area contributed by atoms with E-state index in [4.69, 9.17) is 0 Å². The van der Waals surface area contributed by atoms with Crippen LogP contribution < -0.4 is 0 Å². The Hall–Kier alpha value is -3.22. The van der Waals surface area contributed by atoms with Crippen molar-refractivity contribution < 1.29 is 34.4 Å². The fourth-order valence-corrected chi connectivity index (χ4v) is 8.80. The van der Waals surface area contributed by atoms with Crippen LogP contribution in [-0.2, 0) is 24.9 Å². The summed E-state index contributed by atoms with van der Waals surface area (Å²) in [5, 5.41) is 12.9. The Kier molecular flexibility index (Phi) is 12.9. The molecule has 0 atom stereocenters. The van der Waals surface area contributed by atoms with Crippen molar-refractivity contribution in [3.05, 3.63) is 101 Å². The molecule has 7 heteroatoms. The molecule has 253 valence electrons. The second-order valence-electron chi connectivity index (χ2n) is 12.2. The number of halogens is 1. The van der Waals surface area contributed by atoms with Gasteiger partial charge in [0.15, 0.2) is 5.78 Å².